The lowest BCUT2D eigenvalue weighted by Gasteiger charge is -2.32. The topological polar surface area (TPSA) is 83.8 Å². The SMILES string of the molecule is CC(CCOc1ccccc1Cc1ccccc1)CN1CNn2ccc(=O)c(O)c2C1=O.CCC. The van der Waals surface area contributed by atoms with Crippen LogP contribution in [-0.4, -0.2) is 40.4 Å². The van der Waals surface area contributed by atoms with Gasteiger partial charge >= 0.3 is 0 Å². The molecule has 4 rings (SSSR count). The highest BCUT2D eigenvalue weighted by molar-refractivity contribution is 5.96. The second-order valence-corrected chi connectivity index (χ2v) is 8.81. The van der Waals surface area contributed by atoms with Gasteiger partial charge in [-0.3, -0.25) is 14.3 Å². The third kappa shape index (κ3) is 6.88. The van der Waals surface area contributed by atoms with Gasteiger partial charge in [0.2, 0.25) is 5.43 Å². The molecular formula is C28H35N3O4. The van der Waals surface area contributed by atoms with Crippen LogP contribution < -0.4 is 15.6 Å². The summed E-state index contributed by atoms with van der Waals surface area (Å²) in [6.45, 7) is 7.63. The van der Waals surface area contributed by atoms with E-state index in [-0.39, 0.29) is 17.5 Å². The summed E-state index contributed by atoms with van der Waals surface area (Å²) in [5, 5.41) is 10.0. The first-order chi connectivity index (χ1) is 16.9. The maximum atomic E-state index is 12.8. The summed E-state index contributed by atoms with van der Waals surface area (Å²) in [5.74, 6) is 0.157. The highest BCUT2D eigenvalue weighted by Crippen LogP contribution is 2.23. The van der Waals surface area contributed by atoms with E-state index in [1.54, 1.807) is 4.90 Å². The molecule has 35 heavy (non-hydrogen) atoms. The molecule has 0 bridgehead atoms. The van der Waals surface area contributed by atoms with Crippen LogP contribution in [0, 0.1) is 5.92 Å². The van der Waals surface area contributed by atoms with E-state index < -0.39 is 11.2 Å². The Balaban J connectivity index is 0.00000108. The number of pyridine rings is 1. The summed E-state index contributed by atoms with van der Waals surface area (Å²) in [6.07, 6.45) is 4.27. The minimum atomic E-state index is -0.566. The molecule has 2 heterocycles. The molecule has 1 aromatic heterocycles. The zero-order valence-electron chi connectivity index (χ0n) is 20.7. The van der Waals surface area contributed by atoms with Gasteiger partial charge in [0.25, 0.3) is 5.91 Å². The fraction of sp³-hybridized carbons (Fsp3) is 0.357. The van der Waals surface area contributed by atoms with E-state index >= 15 is 0 Å². The molecular weight excluding hydrogens is 442 g/mol. The van der Waals surface area contributed by atoms with E-state index in [9.17, 15) is 14.7 Å². The largest absolute Gasteiger partial charge is 0.502 e. The molecule has 3 aromatic rings. The number of carbonyl (C=O) groups is 1. The zero-order valence-corrected chi connectivity index (χ0v) is 20.7. The van der Waals surface area contributed by atoms with Gasteiger partial charge in [-0.05, 0) is 29.5 Å². The minimum Gasteiger partial charge on any atom is -0.502 e. The van der Waals surface area contributed by atoms with Crippen molar-refractivity contribution in [3.63, 3.8) is 0 Å². The van der Waals surface area contributed by atoms with Crippen LogP contribution in [0.5, 0.6) is 11.5 Å². The van der Waals surface area contributed by atoms with Gasteiger partial charge in [-0.2, -0.15) is 0 Å². The standard InChI is InChI=1S/C25H27N3O4.C3H8/c1-18(16-27-17-26-28-13-11-21(29)24(30)23(28)25(27)31)12-14-32-22-10-6-5-9-20(22)15-19-7-3-2-4-8-19;1-3-2/h2-11,13,18,26,30H,12,14-17H2,1H3;3H2,1-2H3. The van der Waals surface area contributed by atoms with Crippen molar-refractivity contribution < 1.29 is 14.6 Å². The van der Waals surface area contributed by atoms with Crippen LogP contribution in [0.1, 0.15) is 55.2 Å². The number of aromatic nitrogens is 1. The van der Waals surface area contributed by atoms with Crippen molar-refractivity contribution in [2.24, 2.45) is 5.92 Å². The van der Waals surface area contributed by atoms with E-state index in [1.165, 1.54) is 28.9 Å². The minimum absolute atomic E-state index is 0.0259. The normalized spacial score (nSPS) is 13.2. The number of amides is 1. The quantitative estimate of drug-likeness (QED) is 0.495. The Morgan fingerprint density at radius 2 is 1.71 bits per heavy atom. The Morgan fingerprint density at radius 1 is 1.03 bits per heavy atom. The van der Waals surface area contributed by atoms with Gasteiger partial charge in [0.05, 0.1) is 6.61 Å². The average molecular weight is 478 g/mol. The molecule has 7 nitrogen and oxygen atoms in total. The Morgan fingerprint density at radius 3 is 2.46 bits per heavy atom. The van der Waals surface area contributed by atoms with Gasteiger partial charge in [-0.15, -0.1) is 0 Å². The van der Waals surface area contributed by atoms with Gasteiger partial charge in [0.1, 0.15) is 12.4 Å². The number of nitrogens with zero attached hydrogens (tertiary/aromatic N) is 2. The summed E-state index contributed by atoms with van der Waals surface area (Å²) < 4.78 is 7.48. The number of fused-ring (bicyclic) bond motifs is 1. The molecule has 0 aliphatic carbocycles. The van der Waals surface area contributed by atoms with Crippen LogP contribution in [0.4, 0.5) is 0 Å². The lowest BCUT2D eigenvalue weighted by molar-refractivity contribution is 0.0690. The molecule has 1 aliphatic heterocycles. The van der Waals surface area contributed by atoms with E-state index in [0.717, 1.165) is 24.2 Å². The number of nitrogens with one attached hydrogen (secondary N) is 1. The highest BCUT2D eigenvalue weighted by Gasteiger charge is 2.28. The molecule has 0 spiro atoms. The molecule has 1 unspecified atom stereocenters. The number of aromatic hydroxyl groups is 1. The monoisotopic (exact) mass is 477 g/mol. The van der Waals surface area contributed by atoms with Gasteiger partial charge in [0, 0.05) is 25.2 Å². The van der Waals surface area contributed by atoms with E-state index in [1.807, 2.05) is 36.4 Å². The fourth-order valence-electron chi connectivity index (χ4n) is 3.84. The maximum Gasteiger partial charge on any atom is 0.277 e. The van der Waals surface area contributed by atoms with Gasteiger partial charge in [-0.1, -0.05) is 75.7 Å². The number of para-hydroxylation sites is 1. The molecule has 7 heteroatoms. The van der Waals surface area contributed by atoms with Crippen molar-refractivity contribution in [2.45, 2.75) is 40.0 Å². The number of carbonyl (C=O) groups excluding carboxylic acids is 1. The third-order valence-corrected chi connectivity index (χ3v) is 5.61. The van der Waals surface area contributed by atoms with E-state index in [2.05, 4.69) is 44.4 Å². The van der Waals surface area contributed by atoms with Crippen molar-refractivity contribution in [1.29, 1.82) is 0 Å². The Bertz CT molecular complexity index is 1160. The molecule has 0 saturated carbocycles. The number of rotatable bonds is 8. The second kappa shape index (κ2) is 12.6. The molecule has 0 radical (unpaired) electrons. The molecule has 1 aliphatic rings. The summed E-state index contributed by atoms with van der Waals surface area (Å²) >= 11 is 0. The molecule has 1 amide bonds. The Kier molecular flexibility index (Phi) is 9.35. The average Bonchev–Trinajstić information content (AvgIpc) is 2.85. The highest BCUT2D eigenvalue weighted by atomic mass is 16.5. The summed E-state index contributed by atoms with van der Waals surface area (Å²) in [5.41, 5.74) is 4.80. The van der Waals surface area contributed by atoms with E-state index in [4.69, 9.17) is 4.74 Å². The summed E-state index contributed by atoms with van der Waals surface area (Å²) in [7, 11) is 0. The molecule has 2 aromatic carbocycles. The van der Waals surface area contributed by atoms with Crippen LogP contribution in [0.15, 0.2) is 71.7 Å². The first-order valence-electron chi connectivity index (χ1n) is 12.2. The van der Waals surface area contributed by atoms with E-state index in [0.29, 0.717) is 19.8 Å². The second-order valence-electron chi connectivity index (χ2n) is 8.81. The number of benzene rings is 2. The first-order valence-corrected chi connectivity index (χ1v) is 12.2. The predicted octanol–water partition coefficient (Wildman–Crippen LogP) is 4.62. The third-order valence-electron chi connectivity index (χ3n) is 5.61. The van der Waals surface area contributed by atoms with Gasteiger partial charge in [-0.25, -0.2) is 0 Å². The van der Waals surface area contributed by atoms with Gasteiger partial charge < -0.3 is 20.2 Å². The molecule has 1 atom stereocenters. The van der Waals surface area contributed by atoms with Crippen molar-refractivity contribution in [3.8, 4) is 11.5 Å². The number of hydrogen-bond donors (Lipinski definition) is 2. The molecule has 0 saturated heterocycles. The lowest BCUT2D eigenvalue weighted by Crippen LogP contribution is -2.47. The summed E-state index contributed by atoms with van der Waals surface area (Å²) in [4.78, 5) is 26.1. The first kappa shape index (κ1) is 25.9. The Labute approximate surface area is 207 Å². The maximum absolute atomic E-state index is 12.8. The molecule has 0 fully saturated rings. The summed E-state index contributed by atoms with van der Waals surface area (Å²) in [6, 6.07) is 19.6. The van der Waals surface area contributed by atoms with Crippen LogP contribution in [0.3, 0.4) is 0 Å². The van der Waals surface area contributed by atoms with Crippen molar-refractivity contribution in [1.82, 2.24) is 9.58 Å². The van der Waals surface area contributed by atoms with Crippen LogP contribution >= 0.6 is 0 Å². The van der Waals surface area contributed by atoms with Crippen LogP contribution in [-0.2, 0) is 6.42 Å². The predicted molar refractivity (Wildman–Crippen MR) is 139 cm³/mol. The van der Waals surface area contributed by atoms with Crippen molar-refractivity contribution in [2.75, 3.05) is 25.2 Å². The smallest absolute Gasteiger partial charge is 0.277 e. The van der Waals surface area contributed by atoms with Crippen LogP contribution in [0.2, 0.25) is 0 Å². The molecule has 2 N–H and O–H groups in total. The van der Waals surface area contributed by atoms with Crippen molar-refractivity contribution in [3.05, 3.63) is 93.9 Å². The fourth-order valence-corrected chi connectivity index (χ4v) is 3.84. The Hall–Kier alpha value is -3.74. The van der Waals surface area contributed by atoms with Crippen LogP contribution in [0.25, 0.3) is 0 Å². The molecule has 186 valence electrons. The number of ether oxygens (including phenoxy) is 1. The number of hydrogen-bond acceptors (Lipinski definition) is 5. The van der Waals surface area contributed by atoms with Crippen molar-refractivity contribution >= 4 is 5.91 Å². The zero-order chi connectivity index (χ0) is 25.2. The lowest BCUT2D eigenvalue weighted by atomic mass is 10.0. The van der Waals surface area contributed by atoms with Gasteiger partial charge in [0.15, 0.2) is 11.4 Å².